The van der Waals surface area contributed by atoms with Crippen molar-refractivity contribution >= 4 is 25.8 Å². The van der Waals surface area contributed by atoms with E-state index >= 15 is 0 Å². The van der Waals surface area contributed by atoms with Gasteiger partial charge in [-0.05, 0) is 31.2 Å². The van der Waals surface area contributed by atoms with Gasteiger partial charge in [0.15, 0.2) is 9.84 Å². The molecule has 0 radical (unpaired) electrons. The quantitative estimate of drug-likeness (QED) is 0.618. The van der Waals surface area contributed by atoms with Crippen molar-refractivity contribution in [1.82, 2.24) is 4.72 Å². The van der Waals surface area contributed by atoms with Crippen LogP contribution < -0.4 is 4.72 Å². The summed E-state index contributed by atoms with van der Waals surface area (Å²) >= 11 is 0. The molecule has 0 aliphatic rings. The molecule has 1 N–H and O–H groups in total. The lowest BCUT2D eigenvalue weighted by Crippen LogP contribution is -2.34. The minimum absolute atomic E-state index is 0.0586. The van der Waals surface area contributed by atoms with Crippen molar-refractivity contribution in [2.24, 2.45) is 0 Å². The third kappa shape index (κ3) is 5.65. The SMILES string of the molecule is COC(=O)CCS(=O)(=O)NC[C@@H](c1ccco1)S(=O)(=O)c1ccc(C)cc1. The van der Waals surface area contributed by atoms with E-state index in [1.807, 2.05) is 6.92 Å². The van der Waals surface area contributed by atoms with Crippen molar-refractivity contribution in [2.75, 3.05) is 19.4 Å². The Labute approximate surface area is 158 Å². The zero-order valence-corrected chi connectivity index (χ0v) is 16.5. The molecule has 8 nitrogen and oxygen atoms in total. The first kappa shape index (κ1) is 21.1. The number of sulfonamides is 1. The Hall–Kier alpha value is -2.17. The summed E-state index contributed by atoms with van der Waals surface area (Å²) in [7, 11) is -6.63. The van der Waals surface area contributed by atoms with Crippen molar-refractivity contribution in [3.8, 4) is 0 Å². The highest BCUT2D eigenvalue weighted by atomic mass is 32.2. The van der Waals surface area contributed by atoms with Crippen LogP contribution >= 0.6 is 0 Å². The third-order valence-corrected chi connectivity index (χ3v) is 7.30. The van der Waals surface area contributed by atoms with E-state index in [9.17, 15) is 21.6 Å². The molecule has 0 saturated carbocycles. The van der Waals surface area contributed by atoms with Crippen molar-refractivity contribution in [1.29, 1.82) is 0 Å². The Balaban J connectivity index is 2.23. The topological polar surface area (TPSA) is 120 Å². The second-order valence-electron chi connectivity index (χ2n) is 5.86. The van der Waals surface area contributed by atoms with Crippen molar-refractivity contribution in [3.05, 3.63) is 54.0 Å². The third-order valence-electron chi connectivity index (χ3n) is 3.88. The van der Waals surface area contributed by atoms with E-state index in [1.54, 1.807) is 12.1 Å². The minimum atomic E-state index is -3.91. The molecule has 0 bridgehead atoms. The molecule has 2 aromatic rings. The van der Waals surface area contributed by atoms with Crippen LogP contribution in [0.15, 0.2) is 52.0 Å². The molecular formula is C17H21NO7S2. The molecule has 27 heavy (non-hydrogen) atoms. The standard InChI is InChI=1S/C17H21NO7S2/c1-13-5-7-14(8-6-13)27(22,23)16(15-4-3-10-25-15)12-18-26(20,21)11-9-17(19)24-2/h3-8,10,16,18H,9,11-12H2,1-2H3/t16-/m0/s1. The van der Waals surface area contributed by atoms with Crippen LogP contribution in [-0.4, -0.2) is 42.2 Å². The van der Waals surface area contributed by atoms with E-state index in [0.29, 0.717) is 0 Å². The maximum Gasteiger partial charge on any atom is 0.306 e. The fraction of sp³-hybridized carbons (Fsp3) is 0.353. The number of aryl methyl sites for hydroxylation is 1. The minimum Gasteiger partial charge on any atom is -0.469 e. The lowest BCUT2D eigenvalue weighted by Gasteiger charge is -2.17. The van der Waals surface area contributed by atoms with Gasteiger partial charge in [-0.15, -0.1) is 0 Å². The van der Waals surface area contributed by atoms with Crippen LogP contribution in [0.2, 0.25) is 0 Å². The first-order chi connectivity index (χ1) is 12.7. The summed E-state index contributed by atoms with van der Waals surface area (Å²) in [6, 6.07) is 9.25. The van der Waals surface area contributed by atoms with Crippen LogP contribution in [0.3, 0.4) is 0 Å². The van der Waals surface area contributed by atoms with Gasteiger partial charge in [0, 0.05) is 6.54 Å². The van der Waals surface area contributed by atoms with Gasteiger partial charge in [-0.25, -0.2) is 21.6 Å². The fourth-order valence-electron chi connectivity index (χ4n) is 2.32. The van der Waals surface area contributed by atoms with E-state index in [2.05, 4.69) is 9.46 Å². The molecule has 148 valence electrons. The number of esters is 1. The normalized spacial score (nSPS) is 13.3. The van der Waals surface area contributed by atoms with Crippen molar-refractivity contribution < 1.29 is 30.8 Å². The maximum absolute atomic E-state index is 13.0. The Morgan fingerprint density at radius 2 is 1.81 bits per heavy atom. The zero-order valence-electron chi connectivity index (χ0n) is 14.9. The first-order valence-corrected chi connectivity index (χ1v) is 11.2. The number of benzene rings is 1. The Kier molecular flexibility index (Phi) is 6.79. The van der Waals surface area contributed by atoms with Crippen LogP contribution in [0.5, 0.6) is 0 Å². The fourth-order valence-corrected chi connectivity index (χ4v) is 5.02. The highest BCUT2D eigenvalue weighted by Gasteiger charge is 2.32. The van der Waals surface area contributed by atoms with Crippen LogP contribution in [0.25, 0.3) is 0 Å². The smallest absolute Gasteiger partial charge is 0.306 e. The molecule has 0 amide bonds. The number of nitrogens with one attached hydrogen (secondary N) is 1. The van der Waals surface area contributed by atoms with Gasteiger partial charge in [-0.3, -0.25) is 4.79 Å². The van der Waals surface area contributed by atoms with E-state index in [-0.39, 0.29) is 17.1 Å². The second kappa shape index (κ2) is 8.68. The molecule has 0 aliphatic heterocycles. The van der Waals surface area contributed by atoms with Crippen molar-refractivity contribution in [3.63, 3.8) is 0 Å². The van der Waals surface area contributed by atoms with Gasteiger partial charge in [0.25, 0.3) is 0 Å². The molecule has 0 unspecified atom stereocenters. The van der Waals surface area contributed by atoms with E-state index in [0.717, 1.165) is 12.7 Å². The molecule has 10 heteroatoms. The summed E-state index contributed by atoms with van der Waals surface area (Å²) in [5.74, 6) is -1.06. The molecule has 1 heterocycles. The number of sulfone groups is 1. The summed E-state index contributed by atoms with van der Waals surface area (Å²) in [5.41, 5.74) is 0.895. The predicted octanol–water partition coefficient (Wildman–Crippen LogP) is 1.59. The van der Waals surface area contributed by atoms with Crippen LogP contribution in [0.4, 0.5) is 0 Å². The van der Waals surface area contributed by atoms with Crippen molar-refractivity contribution in [2.45, 2.75) is 23.5 Å². The number of furan rings is 1. The molecule has 1 aromatic carbocycles. The molecule has 0 saturated heterocycles. The Morgan fingerprint density at radius 3 is 2.37 bits per heavy atom. The summed E-state index contributed by atoms with van der Waals surface area (Å²) in [6.07, 6.45) is 0.987. The van der Waals surface area contributed by atoms with Gasteiger partial charge in [0.2, 0.25) is 10.0 Å². The summed E-state index contributed by atoms with van der Waals surface area (Å²) in [6.45, 7) is 1.41. The average molecular weight is 415 g/mol. The molecule has 2 rings (SSSR count). The number of rotatable bonds is 9. The van der Waals surface area contributed by atoms with Gasteiger partial charge in [-0.1, -0.05) is 17.7 Å². The van der Waals surface area contributed by atoms with Gasteiger partial charge < -0.3 is 9.15 Å². The Bertz CT molecular complexity index is 963. The molecule has 0 spiro atoms. The summed E-state index contributed by atoms with van der Waals surface area (Å²) < 4.78 is 62.1. The Morgan fingerprint density at radius 1 is 1.15 bits per heavy atom. The van der Waals surface area contributed by atoms with Gasteiger partial charge in [0.1, 0.15) is 11.0 Å². The van der Waals surface area contributed by atoms with Crippen LogP contribution in [0, 0.1) is 6.92 Å². The number of hydrogen-bond acceptors (Lipinski definition) is 7. The number of methoxy groups -OCH3 is 1. The molecule has 1 aromatic heterocycles. The van der Waals surface area contributed by atoms with Gasteiger partial charge in [-0.2, -0.15) is 0 Å². The number of ether oxygens (including phenoxy) is 1. The molecule has 0 aliphatic carbocycles. The van der Waals surface area contributed by atoms with Gasteiger partial charge in [0.05, 0.1) is 30.4 Å². The predicted molar refractivity (Wildman–Crippen MR) is 98.2 cm³/mol. The average Bonchev–Trinajstić information content (AvgIpc) is 3.14. The van der Waals surface area contributed by atoms with E-state index in [4.69, 9.17) is 4.42 Å². The molecular weight excluding hydrogens is 394 g/mol. The highest BCUT2D eigenvalue weighted by Crippen LogP contribution is 2.29. The zero-order chi connectivity index (χ0) is 20.1. The van der Waals surface area contributed by atoms with Crippen LogP contribution in [0.1, 0.15) is 23.0 Å². The largest absolute Gasteiger partial charge is 0.469 e. The molecule has 1 atom stereocenters. The van der Waals surface area contributed by atoms with E-state index < -0.39 is 43.4 Å². The number of carbonyl (C=O) groups excluding carboxylic acids is 1. The lowest BCUT2D eigenvalue weighted by atomic mass is 10.2. The first-order valence-electron chi connectivity index (χ1n) is 8.04. The maximum atomic E-state index is 13.0. The second-order valence-corrected chi connectivity index (χ2v) is 9.91. The lowest BCUT2D eigenvalue weighted by molar-refractivity contribution is -0.140. The van der Waals surface area contributed by atoms with Gasteiger partial charge >= 0.3 is 5.97 Å². The summed E-state index contributed by atoms with van der Waals surface area (Å²) in [4.78, 5) is 11.2. The molecule has 0 fully saturated rings. The van der Waals surface area contributed by atoms with E-state index in [1.165, 1.54) is 30.5 Å². The van der Waals surface area contributed by atoms with Crippen LogP contribution in [-0.2, 0) is 29.4 Å². The monoisotopic (exact) mass is 415 g/mol. The number of carbonyl (C=O) groups is 1. The highest BCUT2D eigenvalue weighted by molar-refractivity contribution is 7.92. The number of hydrogen-bond donors (Lipinski definition) is 1. The summed E-state index contributed by atoms with van der Waals surface area (Å²) in [5, 5.41) is -1.25.